The van der Waals surface area contributed by atoms with E-state index in [2.05, 4.69) is 17.5 Å². The molecule has 0 fully saturated rings. The summed E-state index contributed by atoms with van der Waals surface area (Å²) in [5.41, 5.74) is 2.80. The standard InChI is InChI=1S/C9H10N/c1-2-4-9-7-10-6-5-8(9)3-1/h3,5-7H,1-2,4H2. The Morgan fingerprint density at radius 2 is 2.40 bits per heavy atom. The highest BCUT2D eigenvalue weighted by molar-refractivity contribution is 5.32. The Balaban J connectivity index is 2.41. The highest BCUT2D eigenvalue weighted by Crippen LogP contribution is 2.20. The third-order valence-electron chi connectivity index (χ3n) is 1.96. The van der Waals surface area contributed by atoms with Gasteiger partial charge in [-0.15, -0.1) is 0 Å². The van der Waals surface area contributed by atoms with Gasteiger partial charge in [0.2, 0.25) is 0 Å². The first-order valence-electron chi connectivity index (χ1n) is 3.73. The number of pyridine rings is 1. The van der Waals surface area contributed by atoms with Crippen LogP contribution in [0.15, 0.2) is 18.5 Å². The molecule has 0 saturated heterocycles. The minimum Gasteiger partial charge on any atom is -0.264 e. The average Bonchev–Trinajstić information content (AvgIpc) is 2.05. The lowest BCUT2D eigenvalue weighted by Gasteiger charge is -2.12. The topological polar surface area (TPSA) is 12.9 Å². The van der Waals surface area contributed by atoms with Gasteiger partial charge in [0, 0.05) is 12.4 Å². The number of aromatic nitrogens is 1. The summed E-state index contributed by atoms with van der Waals surface area (Å²) in [6, 6.07) is 2.09. The van der Waals surface area contributed by atoms with Gasteiger partial charge in [0.15, 0.2) is 0 Å². The largest absolute Gasteiger partial charge is 0.264 e. The van der Waals surface area contributed by atoms with Gasteiger partial charge in [-0.05, 0) is 42.9 Å². The monoisotopic (exact) mass is 132 g/mol. The van der Waals surface area contributed by atoms with Crippen molar-refractivity contribution in [3.05, 3.63) is 36.0 Å². The predicted octanol–water partition coefficient (Wildman–Crippen LogP) is 1.97. The minimum absolute atomic E-state index is 1.21. The van der Waals surface area contributed by atoms with Crippen molar-refractivity contribution >= 4 is 0 Å². The molecule has 0 amide bonds. The summed E-state index contributed by atoms with van der Waals surface area (Å²) in [6.45, 7) is 0. The molecule has 0 aromatic carbocycles. The summed E-state index contributed by atoms with van der Waals surface area (Å²) in [5, 5.41) is 0. The van der Waals surface area contributed by atoms with Crippen molar-refractivity contribution in [2.45, 2.75) is 19.3 Å². The highest BCUT2D eigenvalue weighted by atomic mass is 14.6. The van der Waals surface area contributed by atoms with Gasteiger partial charge in [-0.1, -0.05) is 0 Å². The number of hydrogen-bond acceptors (Lipinski definition) is 1. The second kappa shape index (κ2) is 2.41. The lowest BCUT2D eigenvalue weighted by molar-refractivity contribution is 0.770. The first-order chi connectivity index (χ1) is 4.97. The molecule has 1 aliphatic rings. The van der Waals surface area contributed by atoms with Crippen LogP contribution in [-0.2, 0) is 6.42 Å². The molecule has 1 aromatic heterocycles. The Bertz CT molecular complexity index is 205. The minimum atomic E-state index is 1.21. The zero-order valence-electron chi connectivity index (χ0n) is 5.88. The van der Waals surface area contributed by atoms with Crippen LogP contribution in [0.2, 0.25) is 0 Å². The van der Waals surface area contributed by atoms with Gasteiger partial charge in [-0.25, -0.2) is 0 Å². The van der Waals surface area contributed by atoms with Crippen molar-refractivity contribution in [3.63, 3.8) is 0 Å². The Morgan fingerprint density at radius 3 is 3.30 bits per heavy atom. The second-order valence-electron chi connectivity index (χ2n) is 2.67. The lowest BCUT2D eigenvalue weighted by Crippen LogP contribution is -2.00. The van der Waals surface area contributed by atoms with Gasteiger partial charge in [-0.3, -0.25) is 4.98 Å². The van der Waals surface area contributed by atoms with E-state index in [1.54, 1.807) is 0 Å². The molecule has 1 radical (unpaired) electrons. The molecule has 2 rings (SSSR count). The molecule has 0 bridgehead atoms. The van der Waals surface area contributed by atoms with Crippen LogP contribution in [0.5, 0.6) is 0 Å². The normalized spacial score (nSPS) is 16.4. The van der Waals surface area contributed by atoms with E-state index in [0.717, 1.165) is 0 Å². The predicted molar refractivity (Wildman–Crippen MR) is 40.6 cm³/mol. The third kappa shape index (κ3) is 0.919. The van der Waals surface area contributed by atoms with Gasteiger partial charge in [0.25, 0.3) is 0 Å². The quantitative estimate of drug-likeness (QED) is 0.526. The summed E-state index contributed by atoms with van der Waals surface area (Å²) in [4.78, 5) is 4.08. The molecule has 1 aromatic rings. The molecule has 1 aliphatic carbocycles. The van der Waals surface area contributed by atoms with Gasteiger partial charge >= 0.3 is 0 Å². The number of nitrogens with zero attached hydrogens (tertiary/aromatic N) is 1. The van der Waals surface area contributed by atoms with E-state index < -0.39 is 0 Å². The first-order valence-corrected chi connectivity index (χ1v) is 3.73. The third-order valence-corrected chi connectivity index (χ3v) is 1.96. The summed E-state index contributed by atoms with van der Waals surface area (Å²) in [6.07, 6.45) is 9.86. The fourth-order valence-corrected chi connectivity index (χ4v) is 1.40. The van der Waals surface area contributed by atoms with E-state index in [1.165, 1.54) is 30.4 Å². The van der Waals surface area contributed by atoms with Crippen LogP contribution < -0.4 is 0 Å². The van der Waals surface area contributed by atoms with Crippen LogP contribution in [0.1, 0.15) is 24.0 Å². The molecule has 1 heterocycles. The Labute approximate surface area is 61.1 Å². The molecule has 0 saturated carbocycles. The van der Waals surface area contributed by atoms with Crippen LogP contribution >= 0.6 is 0 Å². The molecule has 0 N–H and O–H groups in total. The van der Waals surface area contributed by atoms with Crippen LogP contribution in [0.25, 0.3) is 0 Å². The van der Waals surface area contributed by atoms with E-state index in [9.17, 15) is 0 Å². The van der Waals surface area contributed by atoms with E-state index in [0.29, 0.717) is 0 Å². The van der Waals surface area contributed by atoms with Crippen molar-refractivity contribution < 1.29 is 0 Å². The summed E-state index contributed by atoms with van der Waals surface area (Å²) in [7, 11) is 0. The Morgan fingerprint density at radius 1 is 1.40 bits per heavy atom. The number of rotatable bonds is 0. The maximum Gasteiger partial charge on any atom is 0.0302 e. The molecule has 1 heteroatoms. The Hall–Kier alpha value is -0.850. The molecule has 0 spiro atoms. The van der Waals surface area contributed by atoms with Gasteiger partial charge in [0.05, 0.1) is 0 Å². The van der Waals surface area contributed by atoms with Crippen LogP contribution in [0.4, 0.5) is 0 Å². The Kier molecular flexibility index (Phi) is 1.42. The molecule has 0 atom stereocenters. The van der Waals surface area contributed by atoms with Crippen LogP contribution in [0, 0.1) is 6.42 Å². The van der Waals surface area contributed by atoms with Crippen LogP contribution in [0.3, 0.4) is 0 Å². The maximum atomic E-state index is 4.08. The number of aryl methyl sites for hydroxylation is 1. The molecule has 0 aliphatic heterocycles. The van der Waals surface area contributed by atoms with E-state index in [4.69, 9.17) is 0 Å². The van der Waals surface area contributed by atoms with Gasteiger partial charge in [0.1, 0.15) is 0 Å². The smallest absolute Gasteiger partial charge is 0.0302 e. The zero-order chi connectivity index (χ0) is 6.81. The molecule has 0 unspecified atom stereocenters. The van der Waals surface area contributed by atoms with E-state index >= 15 is 0 Å². The molecular formula is C9H10N. The SMILES string of the molecule is [CH]1CCCc2cnccc21. The zero-order valence-corrected chi connectivity index (χ0v) is 5.88. The summed E-state index contributed by atoms with van der Waals surface area (Å²) < 4.78 is 0. The molecular weight excluding hydrogens is 122 g/mol. The van der Waals surface area contributed by atoms with Crippen molar-refractivity contribution in [2.24, 2.45) is 0 Å². The van der Waals surface area contributed by atoms with Crippen molar-refractivity contribution in [3.8, 4) is 0 Å². The summed E-state index contributed by atoms with van der Waals surface area (Å²) in [5.74, 6) is 0. The fraction of sp³-hybridized carbons (Fsp3) is 0.333. The van der Waals surface area contributed by atoms with Crippen molar-refractivity contribution in [1.82, 2.24) is 4.98 Å². The summed E-state index contributed by atoms with van der Waals surface area (Å²) >= 11 is 0. The fourth-order valence-electron chi connectivity index (χ4n) is 1.40. The highest BCUT2D eigenvalue weighted by Gasteiger charge is 2.07. The van der Waals surface area contributed by atoms with E-state index in [1.807, 2.05) is 12.4 Å². The molecule has 10 heavy (non-hydrogen) atoms. The number of fused-ring (bicyclic) bond motifs is 1. The second-order valence-corrected chi connectivity index (χ2v) is 2.67. The lowest BCUT2D eigenvalue weighted by atomic mass is 9.94. The maximum absolute atomic E-state index is 4.08. The molecule has 51 valence electrons. The van der Waals surface area contributed by atoms with Crippen molar-refractivity contribution in [2.75, 3.05) is 0 Å². The average molecular weight is 132 g/mol. The number of hydrogen-bond donors (Lipinski definition) is 0. The van der Waals surface area contributed by atoms with Gasteiger partial charge in [-0.2, -0.15) is 0 Å². The van der Waals surface area contributed by atoms with Gasteiger partial charge < -0.3 is 0 Å². The first kappa shape index (κ1) is 5.90. The molecule has 1 nitrogen and oxygen atoms in total. The van der Waals surface area contributed by atoms with E-state index in [-0.39, 0.29) is 0 Å². The van der Waals surface area contributed by atoms with Crippen molar-refractivity contribution in [1.29, 1.82) is 0 Å². The van der Waals surface area contributed by atoms with Crippen LogP contribution in [-0.4, -0.2) is 4.98 Å².